The van der Waals surface area contributed by atoms with Crippen molar-refractivity contribution in [2.24, 2.45) is 0 Å². The average molecular weight is 97.0 g/mol. The van der Waals surface area contributed by atoms with Gasteiger partial charge in [0.1, 0.15) is 0 Å². The van der Waals surface area contributed by atoms with Crippen LogP contribution in [0.1, 0.15) is 13.3 Å². The first-order valence-corrected chi connectivity index (χ1v) is 1.65. The molecule has 0 spiro atoms. The van der Waals surface area contributed by atoms with Gasteiger partial charge in [-0.3, -0.25) is 0 Å². The molecule has 0 saturated heterocycles. The molecule has 0 unspecified atom stereocenters. The molecule has 1 radical (unpaired) electrons. The fourth-order valence-corrected chi connectivity index (χ4v) is 0.0645. The van der Waals surface area contributed by atoms with E-state index in [4.69, 9.17) is 5.26 Å². The molecule has 0 aliphatic carbocycles. The van der Waals surface area contributed by atoms with Gasteiger partial charge < -0.3 is 4.89 Å². The molecule has 0 aromatic carbocycles. The second kappa shape index (κ2) is 6.03. The van der Waals surface area contributed by atoms with E-state index in [-0.39, 0.29) is 25.3 Å². The summed E-state index contributed by atoms with van der Waals surface area (Å²) in [5.74, 6) is -0.602. The van der Waals surface area contributed by atoms with Gasteiger partial charge in [-0.1, -0.05) is 6.92 Å². The molecule has 3 nitrogen and oxygen atoms in total. The maximum atomic E-state index is 9.71. The minimum Gasteiger partial charge on any atom is -0.301 e. The van der Waals surface area contributed by atoms with Crippen LogP contribution in [-0.2, 0) is 9.68 Å². The molecular weight excluding hydrogens is 91.0 g/mol. The van der Waals surface area contributed by atoms with E-state index in [1.165, 1.54) is 0 Å². The first-order valence-electron chi connectivity index (χ1n) is 1.65. The van der Waals surface area contributed by atoms with Crippen molar-refractivity contribution in [1.82, 2.24) is 0 Å². The Bertz CT molecular complexity index is 48.1. The summed E-state index contributed by atoms with van der Waals surface area (Å²) in [6.07, 6.45) is 0.219. The van der Waals surface area contributed by atoms with Crippen molar-refractivity contribution >= 4 is 24.8 Å². The van der Waals surface area contributed by atoms with Gasteiger partial charge in [0.15, 0.2) is 0 Å². The van der Waals surface area contributed by atoms with E-state index in [0.29, 0.717) is 0 Å². The van der Waals surface area contributed by atoms with Crippen LogP contribution in [0.2, 0.25) is 0 Å². The third-order valence-electron chi connectivity index (χ3n) is 0.390. The molecule has 0 aliphatic heterocycles. The molecule has 0 aliphatic rings. The second-order valence-electron chi connectivity index (χ2n) is 0.817. The third-order valence-corrected chi connectivity index (χ3v) is 0.390. The summed E-state index contributed by atoms with van der Waals surface area (Å²) < 4.78 is 0. The minimum atomic E-state index is -0.602. The maximum Gasteiger partial charge on any atom is 0.341 e. The molecule has 37 valence electrons. The molecule has 0 rings (SSSR count). The van der Waals surface area contributed by atoms with Gasteiger partial charge in [-0.05, 0) is 0 Å². The molecule has 0 aromatic rings. The van der Waals surface area contributed by atoms with Crippen molar-refractivity contribution in [2.75, 3.05) is 0 Å². The van der Waals surface area contributed by atoms with E-state index < -0.39 is 5.97 Å². The summed E-state index contributed by atoms with van der Waals surface area (Å²) in [4.78, 5) is 13.0. The number of carbonyl (C=O) groups excluding carboxylic acids is 1. The fourth-order valence-electron chi connectivity index (χ4n) is 0.0645. The molecule has 0 bridgehead atoms. The van der Waals surface area contributed by atoms with Crippen molar-refractivity contribution in [1.29, 1.82) is 0 Å². The van der Waals surface area contributed by atoms with Gasteiger partial charge in [0.05, 0.1) is 0 Å². The molecule has 0 aromatic heterocycles. The zero-order valence-electron chi connectivity index (χ0n) is 4.47. The Morgan fingerprint density at radius 3 is 2.29 bits per heavy atom. The largest absolute Gasteiger partial charge is 0.341 e. The van der Waals surface area contributed by atoms with Crippen LogP contribution >= 0.6 is 0 Å². The van der Waals surface area contributed by atoms with Gasteiger partial charge in [0.25, 0.3) is 0 Å². The predicted octanol–water partition coefficient (Wildman–Crippen LogP) is 0.0318. The Labute approximate surface area is 53.8 Å². The van der Waals surface area contributed by atoms with Gasteiger partial charge in [-0.2, -0.15) is 5.26 Å². The molecule has 0 atom stereocenters. The van der Waals surface area contributed by atoms with Crippen LogP contribution in [0.5, 0.6) is 0 Å². The van der Waals surface area contributed by atoms with E-state index in [1.807, 2.05) is 0 Å². The Kier molecular flexibility index (Phi) is 8.70. The van der Waals surface area contributed by atoms with Gasteiger partial charge in [-0.25, -0.2) is 4.79 Å². The van der Waals surface area contributed by atoms with E-state index >= 15 is 0 Å². The molecule has 7 heavy (non-hydrogen) atoms. The van der Waals surface area contributed by atoms with Crippen LogP contribution in [-0.4, -0.2) is 30.1 Å². The molecule has 0 heterocycles. The number of carbonyl (C=O) groups is 1. The van der Waals surface area contributed by atoms with E-state index in [0.717, 1.165) is 0 Å². The molecule has 0 fully saturated rings. The normalized spacial score (nSPS) is 6.57. The van der Waals surface area contributed by atoms with Crippen molar-refractivity contribution in [3.05, 3.63) is 0 Å². The van der Waals surface area contributed by atoms with Crippen LogP contribution in [0, 0.1) is 0 Å². The van der Waals surface area contributed by atoms with Crippen LogP contribution in [0.25, 0.3) is 0 Å². The van der Waals surface area contributed by atoms with E-state index in [2.05, 4.69) is 4.89 Å². The first kappa shape index (κ1) is 10.1. The quantitative estimate of drug-likeness (QED) is 0.285. The summed E-state index contributed by atoms with van der Waals surface area (Å²) in [7, 11) is 0. The minimum absolute atomic E-state index is 0. The molecule has 0 saturated carbocycles. The molecule has 4 heteroatoms. The summed E-state index contributed by atoms with van der Waals surface area (Å²) in [5, 5.41) is 7.49. The number of hydrogen-bond donors (Lipinski definition) is 1. The summed E-state index contributed by atoms with van der Waals surface area (Å²) >= 11 is 0. The summed E-state index contributed by atoms with van der Waals surface area (Å²) in [5.41, 5.74) is 0. The Morgan fingerprint density at radius 2 is 2.29 bits per heavy atom. The Hall–Kier alpha value is 0.0274. The first-order chi connectivity index (χ1) is 2.81. The SMILES string of the molecule is CCC(=O)OO.[Li]. The van der Waals surface area contributed by atoms with Gasteiger partial charge in [0, 0.05) is 25.3 Å². The van der Waals surface area contributed by atoms with Crippen LogP contribution in [0.3, 0.4) is 0 Å². The van der Waals surface area contributed by atoms with Gasteiger partial charge in [-0.15, -0.1) is 0 Å². The second-order valence-corrected chi connectivity index (χ2v) is 0.817. The summed E-state index contributed by atoms with van der Waals surface area (Å²) in [6, 6.07) is 0. The molecule has 0 amide bonds. The molecule has 1 N–H and O–H groups in total. The zero-order valence-corrected chi connectivity index (χ0v) is 4.47. The average Bonchev–Trinajstić information content (AvgIpc) is 1.65. The van der Waals surface area contributed by atoms with Crippen LogP contribution in [0.15, 0.2) is 0 Å². The number of rotatable bonds is 1. The fraction of sp³-hybridized carbons (Fsp3) is 0.667. The Morgan fingerprint density at radius 1 is 1.86 bits per heavy atom. The van der Waals surface area contributed by atoms with E-state index in [9.17, 15) is 4.79 Å². The van der Waals surface area contributed by atoms with Crippen LogP contribution < -0.4 is 0 Å². The van der Waals surface area contributed by atoms with E-state index in [1.54, 1.807) is 6.92 Å². The van der Waals surface area contributed by atoms with Crippen molar-refractivity contribution in [3.8, 4) is 0 Å². The van der Waals surface area contributed by atoms with Gasteiger partial charge in [0.2, 0.25) is 0 Å². The Balaban J connectivity index is 0. The monoisotopic (exact) mass is 97.0 g/mol. The zero-order chi connectivity index (χ0) is 4.99. The topological polar surface area (TPSA) is 46.5 Å². The van der Waals surface area contributed by atoms with Crippen LogP contribution in [0.4, 0.5) is 0 Å². The molecular formula is C3H6LiO3. The van der Waals surface area contributed by atoms with Gasteiger partial charge >= 0.3 is 5.97 Å². The summed E-state index contributed by atoms with van der Waals surface area (Å²) in [6.45, 7) is 1.60. The maximum absolute atomic E-state index is 9.71. The van der Waals surface area contributed by atoms with Crippen molar-refractivity contribution < 1.29 is 14.9 Å². The predicted molar refractivity (Wildman–Crippen MR) is 24.8 cm³/mol. The van der Waals surface area contributed by atoms with Crippen molar-refractivity contribution in [2.45, 2.75) is 13.3 Å². The smallest absolute Gasteiger partial charge is 0.301 e. The van der Waals surface area contributed by atoms with Crippen molar-refractivity contribution in [3.63, 3.8) is 0 Å². The standard InChI is InChI=1S/C3H6O3.Li/c1-2-3(4)6-5;/h5H,2H2,1H3;. The third kappa shape index (κ3) is 6.03. The number of hydrogen-bond acceptors (Lipinski definition) is 3.